The van der Waals surface area contributed by atoms with Gasteiger partial charge in [-0.2, -0.15) is 0 Å². The topological polar surface area (TPSA) is 30.5 Å². The van der Waals surface area contributed by atoms with E-state index >= 15 is 0 Å². The molecule has 0 fully saturated rings. The highest BCUT2D eigenvalue weighted by molar-refractivity contribution is 5.85. The van der Waals surface area contributed by atoms with Crippen LogP contribution in [0.1, 0.15) is 16.7 Å². The van der Waals surface area contributed by atoms with Crippen molar-refractivity contribution in [3.05, 3.63) is 95.3 Å². The second kappa shape index (κ2) is 10.6. The molecule has 142 valence electrons. The molecule has 3 aromatic rings. The molecule has 0 aliphatic rings. The van der Waals surface area contributed by atoms with E-state index in [1.165, 1.54) is 12.1 Å². The number of hydrogen-bond donors (Lipinski definition) is 1. The molecule has 27 heavy (non-hydrogen) atoms. The number of hydrogen-bond acceptors (Lipinski definition) is 3. The predicted molar refractivity (Wildman–Crippen MR) is 108 cm³/mol. The van der Waals surface area contributed by atoms with Crippen LogP contribution in [-0.2, 0) is 19.7 Å². The van der Waals surface area contributed by atoms with Crippen molar-refractivity contribution < 1.29 is 13.9 Å². The Morgan fingerprint density at radius 1 is 0.778 bits per heavy atom. The van der Waals surface area contributed by atoms with Crippen LogP contribution < -0.4 is 14.8 Å². The van der Waals surface area contributed by atoms with Gasteiger partial charge in [0.2, 0.25) is 0 Å². The number of halogens is 2. The molecular formula is C22H23ClFNO2. The summed E-state index contributed by atoms with van der Waals surface area (Å²) in [5, 5.41) is 3.35. The first-order valence-corrected chi connectivity index (χ1v) is 8.53. The van der Waals surface area contributed by atoms with E-state index in [2.05, 4.69) is 5.32 Å². The highest BCUT2D eigenvalue weighted by Crippen LogP contribution is 2.28. The van der Waals surface area contributed by atoms with E-state index < -0.39 is 0 Å². The zero-order chi connectivity index (χ0) is 18.2. The van der Waals surface area contributed by atoms with Crippen molar-refractivity contribution in [2.75, 3.05) is 7.11 Å². The molecule has 0 spiro atoms. The molecule has 3 rings (SSSR count). The summed E-state index contributed by atoms with van der Waals surface area (Å²) in [4.78, 5) is 0. The Balaban J connectivity index is 0.00000261. The molecule has 0 aliphatic heterocycles. The van der Waals surface area contributed by atoms with Gasteiger partial charge in [0.15, 0.2) is 11.5 Å². The monoisotopic (exact) mass is 387 g/mol. The average molecular weight is 388 g/mol. The maximum absolute atomic E-state index is 12.9. The Bertz CT molecular complexity index is 825. The van der Waals surface area contributed by atoms with Gasteiger partial charge in [-0.15, -0.1) is 12.4 Å². The van der Waals surface area contributed by atoms with Gasteiger partial charge in [-0.25, -0.2) is 4.39 Å². The average Bonchev–Trinajstić information content (AvgIpc) is 2.69. The van der Waals surface area contributed by atoms with E-state index in [-0.39, 0.29) is 18.2 Å². The summed E-state index contributed by atoms with van der Waals surface area (Å²) in [7, 11) is 1.64. The number of benzene rings is 3. The van der Waals surface area contributed by atoms with Gasteiger partial charge in [-0.3, -0.25) is 0 Å². The summed E-state index contributed by atoms with van der Waals surface area (Å²) in [5.41, 5.74) is 3.25. The normalized spacial score (nSPS) is 10.1. The standard InChI is InChI=1S/C22H22FNO2.ClH/c1-25-22-13-19(15-24-14-17-7-10-20(23)11-8-17)9-12-21(22)26-16-18-5-3-2-4-6-18;/h2-13,24H,14-16H2,1H3;1H. The maximum atomic E-state index is 12.9. The van der Waals surface area contributed by atoms with Crippen LogP contribution in [0.3, 0.4) is 0 Å². The van der Waals surface area contributed by atoms with E-state index in [9.17, 15) is 4.39 Å². The quantitative estimate of drug-likeness (QED) is 0.581. The molecule has 0 radical (unpaired) electrons. The first kappa shape index (κ1) is 20.7. The minimum atomic E-state index is -0.218. The molecule has 0 unspecified atom stereocenters. The Hall–Kier alpha value is -2.56. The Morgan fingerprint density at radius 2 is 1.44 bits per heavy atom. The fourth-order valence-electron chi connectivity index (χ4n) is 2.63. The lowest BCUT2D eigenvalue weighted by molar-refractivity contribution is 0.284. The SMILES string of the molecule is COc1cc(CNCc2ccc(F)cc2)ccc1OCc1ccccc1.Cl. The Kier molecular flexibility index (Phi) is 8.11. The summed E-state index contributed by atoms with van der Waals surface area (Å²) in [6, 6.07) is 22.4. The minimum Gasteiger partial charge on any atom is -0.493 e. The van der Waals surface area contributed by atoms with Gasteiger partial charge in [-0.1, -0.05) is 48.5 Å². The molecule has 1 N–H and O–H groups in total. The van der Waals surface area contributed by atoms with Crippen molar-refractivity contribution in [2.24, 2.45) is 0 Å². The van der Waals surface area contributed by atoms with E-state index in [0.29, 0.717) is 25.4 Å². The van der Waals surface area contributed by atoms with Crippen molar-refractivity contribution in [1.82, 2.24) is 5.32 Å². The van der Waals surface area contributed by atoms with Crippen LogP contribution in [0, 0.1) is 5.82 Å². The van der Waals surface area contributed by atoms with Gasteiger partial charge >= 0.3 is 0 Å². The molecule has 3 aromatic carbocycles. The molecule has 0 heterocycles. The van der Waals surface area contributed by atoms with E-state index in [1.807, 2.05) is 48.5 Å². The van der Waals surface area contributed by atoms with E-state index in [0.717, 1.165) is 22.4 Å². The fraction of sp³-hybridized carbons (Fsp3) is 0.182. The van der Waals surface area contributed by atoms with Crippen molar-refractivity contribution >= 4 is 12.4 Å². The molecule has 0 aromatic heterocycles. The molecular weight excluding hydrogens is 365 g/mol. The van der Waals surface area contributed by atoms with Crippen LogP contribution in [0.5, 0.6) is 11.5 Å². The third-order valence-corrected chi connectivity index (χ3v) is 4.04. The van der Waals surface area contributed by atoms with Gasteiger partial charge in [0.05, 0.1) is 7.11 Å². The van der Waals surface area contributed by atoms with Crippen LogP contribution in [0.15, 0.2) is 72.8 Å². The summed E-state index contributed by atoms with van der Waals surface area (Å²) in [6.07, 6.45) is 0. The smallest absolute Gasteiger partial charge is 0.161 e. The second-order valence-corrected chi connectivity index (χ2v) is 5.99. The molecule has 0 aliphatic carbocycles. The Labute approximate surface area is 165 Å². The predicted octanol–water partition coefficient (Wildman–Crippen LogP) is 5.12. The number of ether oxygens (including phenoxy) is 2. The van der Waals surface area contributed by atoms with Crippen LogP contribution in [0.25, 0.3) is 0 Å². The van der Waals surface area contributed by atoms with E-state index in [1.54, 1.807) is 19.2 Å². The first-order valence-electron chi connectivity index (χ1n) is 8.53. The number of methoxy groups -OCH3 is 1. The zero-order valence-corrected chi connectivity index (χ0v) is 16.0. The van der Waals surface area contributed by atoms with Gasteiger partial charge in [0.1, 0.15) is 12.4 Å². The van der Waals surface area contributed by atoms with Crippen molar-refractivity contribution in [3.8, 4) is 11.5 Å². The van der Waals surface area contributed by atoms with Crippen LogP contribution in [0.4, 0.5) is 4.39 Å². The highest BCUT2D eigenvalue weighted by Gasteiger charge is 2.06. The van der Waals surface area contributed by atoms with Gasteiger partial charge in [0, 0.05) is 13.1 Å². The lowest BCUT2D eigenvalue weighted by Gasteiger charge is -2.13. The molecule has 5 heteroatoms. The van der Waals surface area contributed by atoms with Gasteiger partial charge < -0.3 is 14.8 Å². The minimum absolute atomic E-state index is 0. The fourth-order valence-corrected chi connectivity index (χ4v) is 2.63. The lowest BCUT2D eigenvalue weighted by Crippen LogP contribution is -2.12. The van der Waals surface area contributed by atoms with E-state index in [4.69, 9.17) is 9.47 Å². The first-order chi connectivity index (χ1) is 12.7. The zero-order valence-electron chi connectivity index (χ0n) is 15.2. The highest BCUT2D eigenvalue weighted by atomic mass is 35.5. The molecule has 0 bridgehead atoms. The summed E-state index contributed by atoms with van der Waals surface area (Å²) in [5.74, 6) is 1.21. The molecule has 0 amide bonds. The number of rotatable bonds is 8. The summed E-state index contributed by atoms with van der Waals surface area (Å²) >= 11 is 0. The van der Waals surface area contributed by atoms with Crippen LogP contribution >= 0.6 is 12.4 Å². The van der Waals surface area contributed by atoms with Crippen molar-refractivity contribution in [3.63, 3.8) is 0 Å². The van der Waals surface area contributed by atoms with Crippen molar-refractivity contribution in [2.45, 2.75) is 19.7 Å². The molecule has 0 atom stereocenters. The van der Waals surface area contributed by atoms with Gasteiger partial charge in [0.25, 0.3) is 0 Å². The molecule has 0 saturated carbocycles. The Morgan fingerprint density at radius 3 is 2.15 bits per heavy atom. The summed E-state index contributed by atoms with van der Waals surface area (Å²) < 4.78 is 24.3. The third-order valence-electron chi connectivity index (χ3n) is 4.04. The summed E-state index contributed by atoms with van der Waals surface area (Å²) in [6.45, 7) is 1.86. The third kappa shape index (κ3) is 6.27. The molecule has 3 nitrogen and oxygen atoms in total. The van der Waals surface area contributed by atoms with Crippen molar-refractivity contribution in [1.29, 1.82) is 0 Å². The largest absolute Gasteiger partial charge is 0.493 e. The maximum Gasteiger partial charge on any atom is 0.161 e. The van der Waals surface area contributed by atoms with Gasteiger partial charge in [-0.05, 0) is 41.0 Å². The van der Waals surface area contributed by atoms with Crippen LogP contribution in [-0.4, -0.2) is 7.11 Å². The number of nitrogens with one attached hydrogen (secondary N) is 1. The lowest BCUT2D eigenvalue weighted by atomic mass is 10.2. The molecule has 0 saturated heterocycles. The second-order valence-electron chi connectivity index (χ2n) is 5.99. The van der Waals surface area contributed by atoms with Crippen LogP contribution in [0.2, 0.25) is 0 Å².